The molecule has 0 saturated heterocycles. The van der Waals surface area contributed by atoms with Gasteiger partial charge in [-0.25, -0.2) is 0 Å². The number of hydrogen-bond acceptors (Lipinski definition) is 4. The van der Waals surface area contributed by atoms with Gasteiger partial charge in [0, 0.05) is 4.47 Å². The van der Waals surface area contributed by atoms with Crippen molar-refractivity contribution in [2.24, 2.45) is 0 Å². The van der Waals surface area contributed by atoms with Gasteiger partial charge in [0.2, 0.25) is 5.91 Å². The van der Waals surface area contributed by atoms with Crippen molar-refractivity contribution in [3.63, 3.8) is 0 Å². The average molecular weight is 407 g/mol. The number of halogens is 1. The third-order valence-electron chi connectivity index (χ3n) is 3.13. The summed E-state index contributed by atoms with van der Waals surface area (Å²) in [7, 11) is 0. The molecule has 2 N–H and O–H groups in total. The summed E-state index contributed by atoms with van der Waals surface area (Å²) in [5.41, 5.74) is 5.53. The number of rotatable bonds is 7. The van der Waals surface area contributed by atoms with Crippen LogP contribution in [0.5, 0.6) is 11.5 Å². The van der Waals surface area contributed by atoms with Gasteiger partial charge in [0.1, 0.15) is 0 Å². The van der Waals surface area contributed by atoms with Crippen LogP contribution in [0.3, 0.4) is 0 Å². The average Bonchev–Trinajstić information content (AvgIpc) is 2.61. The zero-order chi connectivity index (χ0) is 18.1. The number of benzene rings is 2. The number of para-hydroxylation sites is 2. The predicted octanol–water partition coefficient (Wildman–Crippen LogP) is 2.62. The molecule has 0 radical (unpaired) electrons. The standard InChI is InChI=1S/C18H19BrN2O4/c1-2-24-15-5-3-4-6-16(15)25-12-18(23)21-20-17(22)11-13-7-9-14(19)10-8-13/h3-10H,2,11-12H2,1H3,(H,20,22)(H,21,23). The van der Waals surface area contributed by atoms with Crippen molar-refractivity contribution in [2.45, 2.75) is 13.3 Å². The van der Waals surface area contributed by atoms with E-state index >= 15 is 0 Å². The predicted molar refractivity (Wildman–Crippen MR) is 97.2 cm³/mol. The molecule has 132 valence electrons. The molecule has 25 heavy (non-hydrogen) atoms. The number of hydrogen-bond donors (Lipinski definition) is 2. The summed E-state index contributed by atoms with van der Waals surface area (Å²) in [6.45, 7) is 2.13. The largest absolute Gasteiger partial charge is 0.490 e. The van der Waals surface area contributed by atoms with Crippen LogP contribution in [0.2, 0.25) is 0 Å². The van der Waals surface area contributed by atoms with Crippen LogP contribution in [0.4, 0.5) is 0 Å². The molecule has 2 amide bonds. The zero-order valence-corrected chi connectivity index (χ0v) is 15.3. The maximum atomic E-state index is 11.8. The number of carbonyl (C=O) groups excluding carboxylic acids is 2. The van der Waals surface area contributed by atoms with E-state index < -0.39 is 5.91 Å². The minimum Gasteiger partial charge on any atom is -0.490 e. The summed E-state index contributed by atoms with van der Waals surface area (Å²) in [6.07, 6.45) is 0.168. The molecule has 0 saturated carbocycles. The van der Waals surface area contributed by atoms with E-state index in [-0.39, 0.29) is 18.9 Å². The number of nitrogens with one attached hydrogen (secondary N) is 2. The highest BCUT2D eigenvalue weighted by molar-refractivity contribution is 9.10. The molecule has 0 bridgehead atoms. The highest BCUT2D eigenvalue weighted by Crippen LogP contribution is 2.26. The lowest BCUT2D eigenvalue weighted by Gasteiger charge is -2.12. The first-order chi connectivity index (χ1) is 12.1. The van der Waals surface area contributed by atoms with Gasteiger partial charge in [0.15, 0.2) is 18.1 Å². The van der Waals surface area contributed by atoms with Gasteiger partial charge >= 0.3 is 0 Å². The van der Waals surface area contributed by atoms with Crippen molar-refractivity contribution in [1.82, 2.24) is 10.9 Å². The molecule has 7 heteroatoms. The Morgan fingerprint density at radius 3 is 2.16 bits per heavy atom. The molecule has 2 aromatic rings. The summed E-state index contributed by atoms with van der Waals surface area (Å²) in [5, 5.41) is 0. The zero-order valence-electron chi connectivity index (χ0n) is 13.8. The van der Waals surface area contributed by atoms with Crippen LogP contribution in [-0.2, 0) is 16.0 Å². The maximum Gasteiger partial charge on any atom is 0.276 e. The van der Waals surface area contributed by atoms with Gasteiger partial charge < -0.3 is 9.47 Å². The Morgan fingerprint density at radius 1 is 0.920 bits per heavy atom. The summed E-state index contributed by atoms with van der Waals surface area (Å²) >= 11 is 3.33. The second-order valence-electron chi connectivity index (χ2n) is 5.07. The highest BCUT2D eigenvalue weighted by Gasteiger charge is 2.09. The minimum atomic E-state index is -0.463. The molecule has 6 nitrogen and oxygen atoms in total. The Labute approximate surface area is 154 Å². The fourth-order valence-electron chi connectivity index (χ4n) is 1.99. The van der Waals surface area contributed by atoms with Gasteiger partial charge in [-0.1, -0.05) is 40.2 Å². The van der Waals surface area contributed by atoms with Crippen molar-refractivity contribution in [3.8, 4) is 11.5 Å². The van der Waals surface area contributed by atoms with Crippen LogP contribution in [0.1, 0.15) is 12.5 Å². The normalized spacial score (nSPS) is 10.0. The van der Waals surface area contributed by atoms with E-state index in [4.69, 9.17) is 9.47 Å². The van der Waals surface area contributed by atoms with E-state index in [0.717, 1.165) is 10.0 Å². The Bertz CT molecular complexity index is 719. The quantitative estimate of drug-likeness (QED) is 0.692. The number of carbonyl (C=O) groups is 2. The van der Waals surface area contributed by atoms with E-state index in [0.29, 0.717) is 18.1 Å². The Morgan fingerprint density at radius 2 is 1.52 bits per heavy atom. The van der Waals surface area contributed by atoms with Crippen molar-refractivity contribution < 1.29 is 19.1 Å². The summed E-state index contributed by atoms with van der Waals surface area (Å²) in [5.74, 6) is 0.263. The van der Waals surface area contributed by atoms with E-state index in [1.807, 2.05) is 37.3 Å². The van der Waals surface area contributed by atoms with Crippen molar-refractivity contribution in [2.75, 3.05) is 13.2 Å². The third kappa shape index (κ3) is 6.46. The van der Waals surface area contributed by atoms with Gasteiger partial charge in [-0.2, -0.15) is 0 Å². The van der Waals surface area contributed by atoms with Gasteiger partial charge in [0.25, 0.3) is 5.91 Å². The number of hydrazine groups is 1. The van der Waals surface area contributed by atoms with Gasteiger partial charge in [-0.3, -0.25) is 20.4 Å². The summed E-state index contributed by atoms with van der Waals surface area (Å²) in [4.78, 5) is 23.6. The third-order valence-corrected chi connectivity index (χ3v) is 3.66. The van der Waals surface area contributed by atoms with Crippen LogP contribution in [0.15, 0.2) is 53.0 Å². The molecule has 0 aromatic heterocycles. The molecule has 0 aliphatic rings. The van der Waals surface area contributed by atoms with E-state index in [9.17, 15) is 9.59 Å². The Hall–Kier alpha value is -2.54. The van der Waals surface area contributed by atoms with Gasteiger partial charge in [-0.15, -0.1) is 0 Å². The van der Waals surface area contributed by atoms with Crippen molar-refractivity contribution >= 4 is 27.7 Å². The molecule has 0 spiro atoms. The van der Waals surface area contributed by atoms with E-state index in [1.165, 1.54) is 0 Å². The molecule has 0 fully saturated rings. The first-order valence-electron chi connectivity index (χ1n) is 7.75. The lowest BCUT2D eigenvalue weighted by atomic mass is 10.1. The highest BCUT2D eigenvalue weighted by atomic mass is 79.9. The first-order valence-corrected chi connectivity index (χ1v) is 8.54. The number of amides is 2. The molecule has 2 aromatic carbocycles. The SMILES string of the molecule is CCOc1ccccc1OCC(=O)NNC(=O)Cc1ccc(Br)cc1. The molecule has 0 unspecified atom stereocenters. The molecular weight excluding hydrogens is 388 g/mol. The lowest BCUT2D eigenvalue weighted by molar-refractivity contribution is -0.129. The van der Waals surface area contributed by atoms with Gasteiger partial charge in [0.05, 0.1) is 13.0 Å². The van der Waals surface area contributed by atoms with E-state index in [2.05, 4.69) is 26.8 Å². The Balaban J connectivity index is 1.75. The monoisotopic (exact) mass is 406 g/mol. The Kier molecular flexibility index (Phi) is 7.28. The van der Waals surface area contributed by atoms with Gasteiger partial charge in [-0.05, 0) is 36.8 Å². The topological polar surface area (TPSA) is 76.7 Å². The fraction of sp³-hybridized carbons (Fsp3) is 0.222. The maximum absolute atomic E-state index is 11.8. The lowest BCUT2D eigenvalue weighted by Crippen LogP contribution is -2.44. The van der Waals surface area contributed by atoms with Crippen LogP contribution >= 0.6 is 15.9 Å². The van der Waals surface area contributed by atoms with Crippen molar-refractivity contribution in [1.29, 1.82) is 0 Å². The molecule has 0 aliphatic heterocycles. The van der Waals surface area contributed by atoms with Crippen LogP contribution in [-0.4, -0.2) is 25.0 Å². The van der Waals surface area contributed by atoms with Crippen LogP contribution in [0.25, 0.3) is 0 Å². The fourth-order valence-corrected chi connectivity index (χ4v) is 2.26. The first kappa shape index (κ1) is 18.8. The second kappa shape index (κ2) is 9.68. The molecule has 2 rings (SSSR count). The molecule has 0 aliphatic carbocycles. The summed E-state index contributed by atoms with van der Waals surface area (Å²) in [6, 6.07) is 14.4. The molecule has 0 heterocycles. The van der Waals surface area contributed by atoms with E-state index in [1.54, 1.807) is 18.2 Å². The van der Waals surface area contributed by atoms with Crippen LogP contribution < -0.4 is 20.3 Å². The number of ether oxygens (including phenoxy) is 2. The second-order valence-corrected chi connectivity index (χ2v) is 5.98. The van der Waals surface area contributed by atoms with Crippen LogP contribution in [0, 0.1) is 0 Å². The minimum absolute atomic E-state index is 0.168. The summed E-state index contributed by atoms with van der Waals surface area (Å²) < 4.78 is 11.8. The molecular formula is C18H19BrN2O4. The smallest absolute Gasteiger partial charge is 0.276 e. The molecule has 0 atom stereocenters. The van der Waals surface area contributed by atoms with Crippen molar-refractivity contribution in [3.05, 3.63) is 58.6 Å².